The minimum absolute atomic E-state index is 0.155. The van der Waals surface area contributed by atoms with Crippen LogP contribution in [0.4, 0.5) is 0 Å². The molecule has 2 aromatic carbocycles. The minimum Gasteiger partial charge on any atom is -0.485 e. The molecule has 7 nitrogen and oxygen atoms in total. The van der Waals surface area contributed by atoms with Crippen LogP contribution in [0.2, 0.25) is 5.02 Å². The van der Waals surface area contributed by atoms with Gasteiger partial charge >= 0.3 is 0 Å². The van der Waals surface area contributed by atoms with Gasteiger partial charge in [0, 0.05) is 0 Å². The predicted octanol–water partition coefficient (Wildman–Crippen LogP) is 4.40. The fraction of sp³-hybridized carbons (Fsp3) is 0.211. The number of fused-ring (bicyclic) bond motifs is 1. The Morgan fingerprint density at radius 1 is 1.32 bits per heavy atom. The number of nitrogens with one attached hydrogen (secondary N) is 1. The Morgan fingerprint density at radius 2 is 2.11 bits per heavy atom. The zero-order valence-electron chi connectivity index (χ0n) is 15.2. The molecule has 1 aliphatic rings. The van der Waals surface area contributed by atoms with E-state index in [0.717, 1.165) is 22.4 Å². The molecule has 0 radical (unpaired) electrons. The van der Waals surface area contributed by atoms with E-state index in [1.807, 2.05) is 32.0 Å². The van der Waals surface area contributed by atoms with Gasteiger partial charge in [0.05, 0.1) is 11.2 Å². The predicted molar refractivity (Wildman–Crippen MR) is 108 cm³/mol. The molecule has 9 heteroatoms. The molecule has 1 aromatic heterocycles. The maximum atomic E-state index is 6.21. The molecule has 4 rings (SSSR count). The van der Waals surface area contributed by atoms with Crippen LogP contribution in [0.25, 0.3) is 0 Å². The minimum atomic E-state index is 0.155. The van der Waals surface area contributed by atoms with Crippen molar-refractivity contribution < 1.29 is 14.2 Å². The number of hydrogen-bond acceptors (Lipinski definition) is 6. The van der Waals surface area contributed by atoms with Gasteiger partial charge in [0.1, 0.15) is 12.4 Å². The number of halogens is 1. The number of para-hydroxylation sites is 1. The van der Waals surface area contributed by atoms with Gasteiger partial charge in [-0.1, -0.05) is 29.8 Å². The Labute approximate surface area is 171 Å². The SMILES string of the molecule is Cc1cccc(C)c1OCc1n[nH]c(=S)n1/N=C\c1cc(Cl)c2c(c1)OCO2. The monoisotopic (exact) mass is 416 g/mol. The highest BCUT2D eigenvalue weighted by atomic mass is 35.5. The fourth-order valence-corrected chi connectivity index (χ4v) is 3.36. The summed E-state index contributed by atoms with van der Waals surface area (Å²) in [7, 11) is 0. The Balaban J connectivity index is 1.57. The third-order valence-corrected chi connectivity index (χ3v) is 4.79. The van der Waals surface area contributed by atoms with Crippen molar-refractivity contribution in [3.05, 3.63) is 62.6 Å². The number of aromatic amines is 1. The van der Waals surface area contributed by atoms with Crippen molar-refractivity contribution in [3.63, 3.8) is 0 Å². The molecule has 1 aliphatic heterocycles. The molecule has 3 aromatic rings. The molecule has 0 amide bonds. The smallest absolute Gasteiger partial charge is 0.231 e. The highest BCUT2D eigenvalue weighted by molar-refractivity contribution is 7.71. The standard InChI is InChI=1S/C19H17ClN4O3S/c1-11-4-3-5-12(2)17(11)25-9-16-22-23-19(28)24(16)21-8-13-6-14(20)18-15(7-13)26-10-27-18/h3-8H,9-10H2,1-2H3,(H,23,28)/b21-8-. The van der Waals surface area contributed by atoms with E-state index in [1.165, 1.54) is 4.68 Å². The maximum absolute atomic E-state index is 6.21. The van der Waals surface area contributed by atoms with Crippen LogP contribution in [0, 0.1) is 18.6 Å². The van der Waals surface area contributed by atoms with Crippen LogP contribution in [0.15, 0.2) is 35.4 Å². The van der Waals surface area contributed by atoms with Gasteiger partial charge in [-0.15, -0.1) is 0 Å². The van der Waals surface area contributed by atoms with Crippen molar-refractivity contribution in [2.45, 2.75) is 20.5 Å². The van der Waals surface area contributed by atoms with Crippen molar-refractivity contribution in [2.75, 3.05) is 6.79 Å². The highest BCUT2D eigenvalue weighted by Crippen LogP contribution is 2.39. The third-order valence-electron chi connectivity index (χ3n) is 4.24. The summed E-state index contributed by atoms with van der Waals surface area (Å²) in [5.41, 5.74) is 2.86. The molecule has 1 N–H and O–H groups in total. The number of ether oxygens (including phenoxy) is 3. The van der Waals surface area contributed by atoms with Crippen molar-refractivity contribution in [2.24, 2.45) is 5.10 Å². The molecule has 144 valence electrons. The summed E-state index contributed by atoms with van der Waals surface area (Å²) in [6, 6.07) is 9.54. The Morgan fingerprint density at radius 3 is 2.89 bits per heavy atom. The van der Waals surface area contributed by atoms with Crippen molar-refractivity contribution in [1.29, 1.82) is 0 Å². The van der Waals surface area contributed by atoms with Gasteiger partial charge in [-0.25, -0.2) is 5.10 Å². The van der Waals surface area contributed by atoms with Crippen molar-refractivity contribution in [3.8, 4) is 17.2 Å². The van der Waals surface area contributed by atoms with Gasteiger partial charge in [-0.05, 0) is 54.9 Å². The Hall–Kier alpha value is -2.84. The first-order valence-electron chi connectivity index (χ1n) is 8.52. The average Bonchev–Trinajstić information content (AvgIpc) is 3.27. The van der Waals surface area contributed by atoms with Crippen LogP contribution >= 0.6 is 23.8 Å². The lowest BCUT2D eigenvalue weighted by atomic mass is 10.1. The second-order valence-corrected chi connectivity index (χ2v) is 7.04. The average molecular weight is 417 g/mol. The third kappa shape index (κ3) is 3.61. The van der Waals surface area contributed by atoms with Crippen LogP contribution in [0.1, 0.15) is 22.5 Å². The van der Waals surface area contributed by atoms with Crippen LogP contribution in [-0.4, -0.2) is 27.9 Å². The van der Waals surface area contributed by atoms with E-state index < -0.39 is 0 Å². The van der Waals surface area contributed by atoms with Crippen LogP contribution in [-0.2, 0) is 6.61 Å². The summed E-state index contributed by atoms with van der Waals surface area (Å²) >= 11 is 11.5. The topological polar surface area (TPSA) is 73.7 Å². The van der Waals surface area contributed by atoms with E-state index in [9.17, 15) is 0 Å². The lowest BCUT2D eigenvalue weighted by molar-refractivity contribution is 0.174. The van der Waals surface area contributed by atoms with Crippen LogP contribution in [0.5, 0.6) is 17.2 Å². The van der Waals surface area contributed by atoms with Gasteiger partial charge in [0.15, 0.2) is 17.3 Å². The molecule has 0 saturated carbocycles. The van der Waals surface area contributed by atoms with E-state index in [2.05, 4.69) is 15.3 Å². The summed E-state index contributed by atoms with van der Waals surface area (Å²) in [6.07, 6.45) is 1.63. The first-order valence-corrected chi connectivity index (χ1v) is 9.30. The van der Waals surface area contributed by atoms with E-state index in [0.29, 0.717) is 27.1 Å². The van der Waals surface area contributed by atoms with Gasteiger partial charge < -0.3 is 14.2 Å². The second kappa shape index (κ2) is 7.65. The second-order valence-electron chi connectivity index (χ2n) is 6.25. The van der Waals surface area contributed by atoms with E-state index in [1.54, 1.807) is 18.3 Å². The number of rotatable bonds is 5. The highest BCUT2D eigenvalue weighted by Gasteiger charge is 2.18. The summed E-state index contributed by atoms with van der Waals surface area (Å²) < 4.78 is 18.5. The van der Waals surface area contributed by atoms with Crippen molar-refractivity contribution >= 4 is 30.0 Å². The molecule has 0 aliphatic carbocycles. The first-order chi connectivity index (χ1) is 13.5. The lowest BCUT2D eigenvalue weighted by Crippen LogP contribution is -2.05. The number of H-pyrrole nitrogens is 1. The normalized spacial score (nSPS) is 12.7. The number of nitrogens with zero attached hydrogens (tertiary/aromatic N) is 3. The lowest BCUT2D eigenvalue weighted by Gasteiger charge is -2.11. The molecule has 0 spiro atoms. The number of benzene rings is 2. The summed E-state index contributed by atoms with van der Waals surface area (Å²) in [6.45, 7) is 4.38. The van der Waals surface area contributed by atoms with Gasteiger partial charge in [-0.3, -0.25) is 0 Å². The number of aromatic nitrogens is 3. The van der Waals surface area contributed by atoms with E-state index in [-0.39, 0.29) is 13.4 Å². The molecular formula is C19H17ClN4O3S. The van der Waals surface area contributed by atoms with Gasteiger partial charge in [0.25, 0.3) is 0 Å². The van der Waals surface area contributed by atoms with Crippen LogP contribution in [0.3, 0.4) is 0 Å². The fourth-order valence-electron chi connectivity index (χ4n) is 2.89. The van der Waals surface area contributed by atoms with E-state index >= 15 is 0 Å². The molecule has 0 bridgehead atoms. The zero-order valence-corrected chi connectivity index (χ0v) is 16.8. The van der Waals surface area contributed by atoms with Crippen LogP contribution < -0.4 is 14.2 Å². The number of aryl methyl sites for hydroxylation is 2. The van der Waals surface area contributed by atoms with Gasteiger partial charge in [0.2, 0.25) is 11.6 Å². The Kier molecular flexibility index (Phi) is 5.06. The molecule has 28 heavy (non-hydrogen) atoms. The maximum Gasteiger partial charge on any atom is 0.231 e. The molecule has 0 unspecified atom stereocenters. The van der Waals surface area contributed by atoms with Gasteiger partial charge in [-0.2, -0.15) is 14.9 Å². The zero-order chi connectivity index (χ0) is 19.7. The summed E-state index contributed by atoms with van der Waals surface area (Å²) in [5, 5.41) is 11.8. The van der Waals surface area contributed by atoms with Crippen molar-refractivity contribution in [1.82, 2.24) is 14.9 Å². The molecular weight excluding hydrogens is 400 g/mol. The van der Waals surface area contributed by atoms with E-state index in [4.69, 9.17) is 38.0 Å². The summed E-state index contributed by atoms with van der Waals surface area (Å²) in [5.74, 6) is 2.51. The molecule has 2 heterocycles. The molecule has 0 atom stereocenters. The Bertz CT molecular complexity index is 1100. The quantitative estimate of drug-likeness (QED) is 0.493. The summed E-state index contributed by atoms with van der Waals surface area (Å²) in [4.78, 5) is 0. The molecule has 0 fully saturated rings. The number of hydrogen-bond donors (Lipinski definition) is 1. The largest absolute Gasteiger partial charge is 0.485 e. The molecule has 0 saturated heterocycles. The first kappa shape index (κ1) is 18.5.